The molecular weight excluding hydrogens is 412 g/mol. The van der Waals surface area contributed by atoms with E-state index in [2.05, 4.69) is 5.32 Å². The van der Waals surface area contributed by atoms with E-state index in [1.54, 1.807) is 25.3 Å². The van der Waals surface area contributed by atoms with E-state index >= 15 is 0 Å². The number of hydrogen-bond acceptors (Lipinski definition) is 6. The topological polar surface area (TPSA) is 88.4 Å². The summed E-state index contributed by atoms with van der Waals surface area (Å²) in [6.07, 6.45) is 3.22. The zero-order chi connectivity index (χ0) is 22.4. The predicted octanol–water partition coefficient (Wildman–Crippen LogP) is 5.19. The molecule has 1 amide bonds. The number of nitrogens with zero attached hydrogens (tertiary/aromatic N) is 1. The molecule has 0 saturated heterocycles. The van der Waals surface area contributed by atoms with Crippen LogP contribution in [-0.2, 0) is 16.0 Å². The fourth-order valence-corrected chi connectivity index (χ4v) is 4.38. The molecule has 31 heavy (non-hydrogen) atoms. The number of carbonyl (C=O) groups excluding carboxylic acids is 2. The summed E-state index contributed by atoms with van der Waals surface area (Å²) in [6, 6.07) is 14.9. The van der Waals surface area contributed by atoms with Gasteiger partial charge in [-0.25, -0.2) is 4.79 Å². The normalized spacial score (nSPS) is 11.1. The Morgan fingerprint density at radius 2 is 1.90 bits per heavy atom. The van der Waals surface area contributed by atoms with E-state index in [0.29, 0.717) is 16.3 Å². The number of methoxy groups -OCH3 is 2. The summed E-state index contributed by atoms with van der Waals surface area (Å²) in [5.74, 6) is -0.407. The van der Waals surface area contributed by atoms with Crippen LogP contribution in [0.3, 0.4) is 0 Å². The molecule has 2 aromatic carbocycles. The van der Waals surface area contributed by atoms with Gasteiger partial charge in [0.05, 0.1) is 19.8 Å². The standard InChI is InChI=1S/C24H22N2O4S/c1-4-7-17-13-20(24(28)30-3)23(31-17)26-22(27)16(14-25)12-15-10-11-21(29-2)19-9-6-5-8-18(15)19/h5-6,8-13H,4,7H2,1-3H3,(H,26,27). The van der Waals surface area contributed by atoms with Crippen molar-refractivity contribution in [2.24, 2.45) is 0 Å². The first-order valence-electron chi connectivity index (χ1n) is 9.72. The number of benzene rings is 2. The Balaban J connectivity index is 1.97. The largest absolute Gasteiger partial charge is 0.496 e. The van der Waals surface area contributed by atoms with E-state index in [9.17, 15) is 14.9 Å². The molecule has 0 aliphatic rings. The fraction of sp³-hybridized carbons (Fsp3) is 0.208. The number of fused-ring (bicyclic) bond motifs is 1. The summed E-state index contributed by atoms with van der Waals surface area (Å²) in [5, 5.41) is 14.5. The molecule has 3 rings (SSSR count). The number of anilines is 1. The average Bonchev–Trinajstić information content (AvgIpc) is 3.19. The lowest BCUT2D eigenvalue weighted by Crippen LogP contribution is -2.15. The molecule has 1 N–H and O–H groups in total. The van der Waals surface area contributed by atoms with Crippen LogP contribution in [0, 0.1) is 11.3 Å². The zero-order valence-electron chi connectivity index (χ0n) is 17.5. The highest BCUT2D eigenvalue weighted by molar-refractivity contribution is 7.16. The van der Waals surface area contributed by atoms with Crippen molar-refractivity contribution in [3.63, 3.8) is 0 Å². The second kappa shape index (κ2) is 9.92. The van der Waals surface area contributed by atoms with Gasteiger partial charge in [-0.3, -0.25) is 4.79 Å². The molecule has 0 spiro atoms. The van der Waals surface area contributed by atoms with Crippen molar-refractivity contribution in [2.45, 2.75) is 19.8 Å². The number of esters is 1. The second-order valence-electron chi connectivity index (χ2n) is 6.72. The van der Waals surface area contributed by atoms with Crippen molar-refractivity contribution < 1.29 is 19.1 Å². The molecule has 0 bridgehead atoms. The Labute approximate surface area is 184 Å². The molecule has 3 aromatic rings. The molecule has 1 aromatic heterocycles. The molecular formula is C24H22N2O4S. The van der Waals surface area contributed by atoms with Crippen LogP contribution in [0.15, 0.2) is 48.0 Å². The molecule has 0 fully saturated rings. The van der Waals surface area contributed by atoms with Gasteiger partial charge in [-0.2, -0.15) is 5.26 Å². The van der Waals surface area contributed by atoms with Crippen molar-refractivity contribution in [3.8, 4) is 11.8 Å². The van der Waals surface area contributed by atoms with Gasteiger partial charge in [-0.15, -0.1) is 11.3 Å². The van der Waals surface area contributed by atoms with Crippen LogP contribution in [0.25, 0.3) is 16.8 Å². The zero-order valence-corrected chi connectivity index (χ0v) is 18.3. The molecule has 158 valence electrons. The molecule has 1 heterocycles. The first-order valence-corrected chi connectivity index (χ1v) is 10.5. The van der Waals surface area contributed by atoms with Crippen LogP contribution in [0.5, 0.6) is 5.75 Å². The van der Waals surface area contributed by atoms with Crippen LogP contribution >= 0.6 is 11.3 Å². The molecule has 0 aliphatic carbocycles. The minimum Gasteiger partial charge on any atom is -0.496 e. The van der Waals surface area contributed by atoms with Gasteiger partial charge in [0.15, 0.2) is 0 Å². The van der Waals surface area contributed by atoms with Gasteiger partial charge in [0, 0.05) is 10.3 Å². The Hall–Kier alpha value is -3.63. The van der Waals surface area contributed by atoms with E-state index in [0.717, 1.165) is 28.5 Å². The van der Waals surface area contributed by atoms with E-state index < -0.39 is 11.9 Å². The van der Waals surface area contributed by atoms with E-state index in [1.807, 2.05) is 37.3 Å². The SMILES string of the molecule is CCCc1cc(C(=O)OC)c(NC(=O)C(C#N)=Cc2ccc(OC)c3ccccc23)s1. The number of hydrogen-bond donors (Lipinski definition) is 1. The first-order chi connectivity index (χ1) is 15.0. The van der Waals surface area contributed by atoms with Crippen molar-refractivity contribution >= 4 is 45.1 Å². The fourth-order valence-electron chi connectivity index (χ4n) is 3.24. The lowest BCUT2D eigenvalue weighted by Gasteiger charge is -2.09. The molecule has 7 heteroatoms. The van der Waals surface area contributed by atoms with E-state index in [-0.39, 0.29) is 11.1 Å². The summed E-state index contributed by atoms with van der Waals surface area (Å²) in [4.78, 5) is 25.9. The summed E-state index contributed by atoms with van der Waals surface area (Å²) in [6.45, 7) is 2.03. The first kappa shape index (κ1) is 22.1. The number of amides is 1. The third-order valence-corrected chi connectivity index (χ3v) is 5.82. The van der Waals surface area contributed by atoms with Crippen LogP contribution in [0.1, 0.15) is 34.1 Å². The molecule has 0 radical (unpaired) electrons. The molecule has 0 saturated carbocycles. The third kappa shape index (κ3) is 4.76. The van der Waals surface area contributed by atoms with Crippen LogP contribution in [0.2, 0.25) is 0 Å². The van der Waals surface area contributed by atoms with Crippen LogP contribution < -0.4 is 10.1 Å². The van der Waals surface area contributed by atoms with Gasteiger partial charge in [0.1, 0.15) is 22.4 Å². The number of rotatable bonds is 7. The van der Waals surface area contributed by atoms with E-state index in [1.165, 1.54) is 24.5 Å². The molecule has 6 nitrogen and oxygen atoms in total. The minimum absolute atomic E-state index is 0.0726. The van der Waals surface area contributed by atoms with Crippen molar-refractivity contribution in [1.82, 2.24) is 0 Å². The summed E-state index contributed by atoms with van der Waals surface area (Å²) >= 11 is 1.31. The smallest absolute Gasteiger partial charge is 0.340 e. The molecule has 0 atom stereocenters. The Morgan fingerprint density at radius 3 is 2.55 bits per heavy atom. The highest BCUT2D eigenvalue weighted by atomic mass is 32.1. The van der Waals surface area contributed by atoms with Crippen molar-refractivity contribution in [3.05, 3.63) is 64.0 Å². The summed E-state index contributed by atoms with van der Waals surface area (Å²) < 4.78 is 10.2. The lowest BCUT2D eigenvalue weighted by atomic mass is 10.0. The second-order valence-corrected chi connectivity index (χ2v) is 7.86. The third-order valence-electron chi connectivity index (χ3n) is 4.71. The lowest BCUT2D eigenvalue weighted by molar-refractivity contribution is -0.112. The quantitative estimate of drug-likeness (QED) is 0.314. The minimum atomic E-state index is -0.586. The number of aryl methyl sites for hydroxylation is 1. The summed E-state index contributed by atoms with van der Waals surface area (Å²) in [5.41, 5.74) is 0.933. The van der Waals surface area contributed by atoms with Gasteiger partial charge in [0.2, 0.25) is 0 Å². The van der Waals surface area contributed by atoms with Gasteiger partial charge < -0.3 is 14.8 Å². The number of nitriles is 1. The van der Waals surface area contributed by atoms with Crippen molar-refractivity contribution in [2.75, 3.05) is 19.5 Å². The van der Waals surface area contributed by atoms with Crippen molar-refractivity contribution in [1.29, 1.82) is 5.26 Å². The molecule has 0 unspecified atom stereocenters. The Bertz CT molecular complexity index is 1200. The maximum atomic E-state index is 12.9. The summed E-state index contributed by atoms with van der Waals surface area (Å²) in [7, 11) is 2.89. The van der Waals surface area contributed by atoms with Crippen LogP contribution in [-0.4, -0.2) is 26.1 Å². The number of thiophene rings is 1. The van der Waals surface area contributed by atoms with Gasteiger partial charge in [-0.1, -0.05) is 43.7 Å². The number of carbonyl (C=O) groups is 2. The predicted molar refractivity (Wildman–Crippen MR) is 122 cm³/mol. The van der Waals surface area contributed by atoms with Gasteiger partial charge >= 0.3 is 5.97 Å². The molecule has 0 aliphatic heterocycles. The Morgan fingerprint density at radius 1 is 1.16 bits per heavy atom. The average molecular weight is 435 g/mol. The highest BCUT2D eigenvalue weighted by Crippen LogP contribution is 2.32. The highest BCUT2D eigenvalue weighted by Gasteiger charge is 2.20. The maximum absolute atomic E-state index is 12.9. The number of nitrogens with one attached hydrogen (secondary N) is 1. The number of ether oxygens (including phenoxy) is 2. The van der Waals surface area contributed by atoms with E-state index in [4.69, 9.17) is 9.47 Å². The Kier molecular flexibility index (Phi) is 7.06. The maximum Gasteiger partial charge on any atom is 0.340 e. The monoisotopic (exact) mass is 434 g/mol. The van der Waals surface area contributed by atoms with Gasteiger partial charge in [-0.05, 0) is 35.6 Å². The van der Waals surface area contributed by atoms with Gasteiger partial charge in [0.25, 0.3) is 5.91 Å². The van der Waals surface area contributed by atoms with Crippen LogP contribution in [0.4, 0.5) is 5.00 Å².